The first-order valence-electron chi connectivity index (χ1n) is 9.98. The van der Waals surface area contributed by atoms with E-state index in [-0.39, 0.29) is 7.92 Å². The van der Waals surface area contributed by atoms with Gasteiger partial charge in [0.2, 0.25) is 0 Å². The van der Waals surface area contributed by atoms with Crippen LogP contribution in [0.25, 0.3) is 0 Å². The van der Waals surface area contributed by atoms with Crippen molar-refractivity contribution in [2.24, 2.45) is 35.5 Å². The molecule has 6 rings (SSSR count). The summed E-state index contributed by atoms with van der Waals surface area (Å²) in [6.45, 7) is 0. The van der Waals surface area contributed by atoms with Crippen LogP contribution < -0.4 is 10.6 Å². The Bertz CT molecular complexity index is 756. The Morgan fingerprint density at radius 3 is 1.88 bits per heavy atom. The largest absolute Gasteiger partial charge is 0.0848 e. The van der Waals surface area contributed by atoms with Gasteiger partial charge < -0.3 is 0 Å². The van der Waals surface area contributed by atoms with Crippen molar-refractivity contribution in [1.29, 1.82) is 0 Å². The molecule has 3 fully saturated rings. The number of allylic oxidation sites excluding steroid dienone is 2. The molecule has 7 atom stereocenters. The molecule has 0 nitrogen and oxygen atoms in total. The molecule has 4 aliphatic carbocycles. The Balaban J connectivity index is 1.41. The van der Waals surface area contributed by atoms with Gasteiger partial charge >= 0.3 is 0 Å². The molecule has 0 spiro atoms. The monoisotopic (exact) mass is 344 g/mol. The second-order valence-corrected chi connectivity index (χ2v) is 11.0. The molecule has 25 heavy (non-hydrogen) atoms. The molecule has 2 aromatic rings. The zero-order valence-corrected chi connectivity index (χ0v) is 15.4. The minimum atomic E-state index is -0.224. The lowest BCUT2D eigenvalue weighted by Crippen LogP contribution is -2.36. The predicted octanol–water partition coefficient (Wildman–Crippen LogP) is 4.97. The fourth-order valence-corrected chi connectivity index (χ4v) is 10.2. The average molecular weight is 344 g/mol. The van der Waals surface area contributed by atoms with E-state index in [1.807, 2.05) is 0 Å². The van der Waals surface area contributed by atoms with Gasteiger partial charge in [-0.25, -0.2) is 0 Å². The molecule has 2 aromatic carbocycles. The number of rotatable bonds is 3. The molecule has 0 aromatic heterocycles. The van der Waals surface area contributed by atoms with E-state index in [4.69, 9.17) is 0 Å². The van der Waals surface area contributed by atoms with Crippen molar-refractivity contribution < 1.29 is 0 Å². The second kappa shape index (κ2) is 5.55. The van der Waals surface area contributed by atoms with E-state index < -0.39 is 0 Å². The van der Waals surface area contributed by atoms with Gasteiger partial charge in [0.05, 0.1) is 0 Å². The van der Waals surface area contributed by atoms with Gasteiger partial charge in [0.1, 0.15) is 0 Å². The maximum absolute atomic E-state index is 2.58. The fourth-order valence-electron chi connectivity index (χ4n) is 6.99. The molecule has 0 N–H and O–H groups in total. The Labute approximate surface area is 152 Å². The maximum Gasteiger partial charge on any atom is -0.00946 e. The Morgan fingerprint density at radius 1 is 0.640 bits per heavy atom. The van der Waals surface area contributed by atoms with Crippen LogP contribution in [0, 0.1) is 35.5 Å². The first-order chi connectivity index (χ1) is 12.4. The highest BCUT2D eigenvalue weighted by Crippen LogP contribution is 2.69. The van der Waals surface area contributed by atoms with E-state index in [0.29, 0.717) is 0 Å². The van der Waals surface area contributed by atoms with Crippen LogP contribution in [-0.4, -0.2) is 5.66 Å². The van der Waals surface area contributed by atoms with E-state index in [2.05, 4.69) is 72.8 Å². The zero-order valence-electron chi connectivity index (χ0n) is 14.5. The van der Waals surface area contributed by atoms with Crippen LogP contribution in [0.1, 0.15) is 19.3 Å². The molecular formula is C24H25P. The van der Waals surface area contributed by atoms with Crippen molar-refractivity contribution >= 4 is 18.5 Å². The fraction of sp³-hybridized carbons (Fsp3) is 0.417. The smallest absolute Gasteiger partial charge is 0.00946 e. The number of benzene rings is 2. The predicted molar refractivity (Wildman–Crippen MR) is 107 cm³/mol. The van der Waals surface area contributed by atoms with E-state index >= 15 is 0 Å². The normalized spacial score (nSPS) is 40.1. The minimum Gasteiger partial charge on any atom is -0.0848 e. The molecule has 4 bridgehead atoms. The molecule has 0 amide bonds. The molecule has 3 saturated carbocycles. The molecule has 4 aliphatic rings. The van der Waals surface area contributed by atoms with Gasteiger partial charge in [0, 0.05) is 0 Å². The third kappa shape index (κ3) is 2.10. The summed E-state index contributed by atoms with van der Waals surface area (Å²) >= 11 is 0. The van der Waals surface area contributed by atoms with E-state index in [1.54, 1.807) is 10.6 Å². The number of hydrogen-bond acceptors (Lipinski definition) is 0. The summed E-state index contributed by atoms with van der Waals surface area (Å²) in [7, 11) is -0.224. The van der Waals surface area contributed by atoms with E-state index in [1.165, 1.54) is 19.3 Å². The van der Waals surface area contributed by atoms with E-state index in [9.17, 15) is 0 Å². The molecule has 0 radical (unpaired) electrons. The summed E-state index contributed by atoms with van der Waals surface area (Å²) in [6, 6.07) is 22.9. The van der Waals surface area contributed by atoms with Crippen molar-refractivity contribution in [3.8, 4) is 0 Å². The lowest BCUT2D eigenvalue weighted by atomic mass is 9.73. The van der Waals surface area contributed by atoms with E-state index in [0.717, 1.165) is 41.2 Å². The van der Waals surface area contributed by atoms with Crippen LogP contribution in [0.5, 0.6) is 0 Å². The minimum absolute atomic E-state index is 0.224. The summed E-state index contributed by atoms with van der Waals surface area (Å²) in [5.74, 6) is 5.89. The van der Waals surface area contributed by atoms with Gasteiger partial charge in [-0.3, -0.25) is 0 Å². The summed E-state index contributed by atoms with van der Waals surface area (Å²) in [6.07, 6.45) is 9.63. The molecular weight excluding hydrogens is 319 g/mol. The molecule has 0 aliphatic heterocycles. The average Bonchev–Trinajstić information content (AvgIpc) is 3.43. The Kier molecular flexibility index (Phi) is 3.27. The number of hydrogen-bond donors (Lipinski definition) is 0. The summed E-state index contributed by atoms with van der Waals surface area (Å²) in [5, 5.41) is 3.19. The molecule has 0 saturated heterocycles. The third-order valence-electron chi connectivity index (χ3n) is 7.64. The topological polar surface area (TPSA) is 0 Å². The first kappa shape index (κ1) is 14.7. The molecule has 126 valence electrons. The highest BCUT2D eigenvalue weighted by molar-refractivity contribution is 7.73. The van der Waals surface area contributed by atoms with Crippen LogP contribution in [0.2, 0.25) is 0 Å². The molecule has 1 heteroatoms. The lowest BCUT2D eigenvalue weighted by Gasteiger charge is -2.40. The zero-order chi connectivity index (χ0) is 16.4. The molecule has 7 unspecified atom stereocenters. The highest BCUT2D eigenvalue weighted by atomic mass is 31.1. The van der Waals surface area contributed by atoms with Gasteiger partial charge in [-0.15, -0.1) is 0 Å². The summed E-state index contributed by atoms with van der Waals surface area (Å²) < 4.78 is 0. The maximum atomic E-state index is 2.58. The molecule has 0 heterocycles. The van der Waals surface area contributed by atoms with Crippen molar-refractivity contribution in [2.45, 2.75) is 24.9 Å². The third-order valence-corrected chi connectivity index (χ3v) is 10.6. The van der Waals surface area contributed by atoms with Crippen molar-refractivity contribution in [2.75, 3.05) is 0 Å². The SMILES string of the molecule is C1=CC2CC1C1C3CC(C21)C(P(c1ccccc1)c1ccccc1)C3. The quantitative estimate of drug-likeness (QED) is 0.419. The lowest BCUT2D eigenvalue weighted by molar-refractivity contribution is 0.210. The van der Waals surface area contributed by atoms with Crippen molar-refractivity contribution in [3.05, 3.63) is 72.8 Å². The van der Waals surface area contributed by atoms with Gasteiger partial charge in [-0.1, -0.05) is 72.8 Å². The second-order valence-electron chi connectivity index (χ2n) is 8.61. The van der Waals surface area contributed by atoms with Crippen LogP contribution in [0.15, 0.2) is 72.8 Å². The Hall–Kier alpha value is -1.39. The van der Waals surface area contributed by atoms with Crippen LogP contribution in [0.3, 0.4) is 0 Å². The van der Waals surface area contributed by atoms with Crippen LogP contribution >= 0.6 is 7.92 Å². The highest BCUT2D eigenvalue weighted by Gasteiger charge is 2.62. The van der Waals surface area contributed by atoms with Gasteiger partial charge in [0.25, 0.3) is 0 Å². The van der Waals surface area contributed by atoms with Gasteiger partial charge in [-0.2, -0.15) is 0 Å². The summed E-state index contributed by atoms with van der Waals surface area (Å²) in [5.41, 5.74) is 0.902. The number of fused-ring (bicyclic) bond motifs is 9. The van der Waals surface area contributed by atoms with Gasteiger partial charge in [0.15, 0.2) is 0 Å². The summed E-state index contributed by atoms with van der Waals surface area (Å²) in [4.78, 5) is 0. The first-order valence-corrected chi connectivity index (χ1v) is 11.4. The van der Waals surface area contributed by atoms with Crippen LogP contribution in [0.4, 0.5) is 0 Å². The van der Waals surface area contributed by atoms with Crippen molar-refractivity contribution in [3.63, 3.8) is 0 Å². The van der Waals surface area contributed by atoms with Gasteiger partial charge in [-0.05, 0) is 79.0 Å². The van der Waals surface area contributed by atoms with Crippen molar-refractivity contribution in [1.82, 2.24) is 0 Å². The standard InChI is InChI=1S/C24H25P/c1-3-7-19(8-4-1)25(20-9-5-2-6-10-20)22-15-18-14-21(22)24-17-12-11-16(13-17)23(18)24/h1-12,16-18,21-24H,13-15H2. The van der Waals surface area contributed by atoms with Crippen LogP contribution in [-0.2, 0) is 0 Å². The Morgan fingerprint density at radius 2 is 1.24 bits per heavy atom.